The van der Waals surface area contributed by atoms with E-state index in [1.54, 1.807) is 18.2 Å². The molecule has 0 saturated carbocycles. The fraction of sp³-hybridized carbons (Fsp3) is 0.458. The van der Waals surface area contributed by atoms with E-state index >= 15 is 0 Å². The van der Waals surface area contributed by atoms with E-state index in [9.17, 15) is 13.2 Å². The van der Waals surface area contributed by atoms with Crippen LogP contribution in [0.4, 0.5) is 13.2 Å². The van der Waals surface area contributed by atoms with Crippen molar-refractivity contribution in [1.29, 1.82) is 0 Å². The van der Waals surface area contributed by atoms with E-state index in [0.717, 1.165) is 49.7 Å². The van der Waals surface area contributed by atoms with Crippen LogP contribution in [0.1, 0.15) is 74.1 Å². The molecule has 0 bridgehead atoms. The van der Waals surface area contributed by atoms with Crippen LogP contribution in [0.2, 0.25) is 5.02 Å². The SMILES string of the molecule is FC(F)(F)c1cccc(C(/N=C2\CCCCCCCCCN2)c2ccc(Cl)cc2)c1. The molecule has 0 spiro atoms. The molecule has 6 heteroatoms. The predicted octanol–water partition coefficient (Wildman–Crippen LogP) is 7.57. The lowest BCUT2D eigenvalue weighted by atomic mass is 9.97. The second kappa shape index (κ2) is 10.9. The lowest BCUT2D eigenvalue weighted by molar-refractivity contribution is -0.137. The van der Waals surface area contributed by atoms with Gasteiger partial charge in [0.15, 0.2) is 0 Å². The van der Waals surface area contributed by atoms with Crippen LogP contribution in [0.5, 0.6) is 0 Å². The molecule has 0 aromatic heterocycles. The van der Waals surface area contributed by atoms with E-state index in [1.807, 2.05) is 12.1 Å². The quantitative estimate of drug-likeness (QED) is 0.527. The molecule has 0 aliphatic carbocycles. The van der Waals surface area contributed by atoms with Crippen molar-refractivity contribution in [2.75, 3.05) is 6.54 Å². The number of nitrogens with zero attached hydrogens (tertiary/aromatic N) is 1. The monoisotopic (exact) mass is 436 g/mol. The maximum absolute atomic E-state index is 13.3. The van der Waals surface area contributed by atoms with Crippen molar-refractivity contribution in [1.82, 2.24) is 5.32 Å². The summed E-state index contributed by atoms with van der Waals surface area (Å²) in [6.45, 7) is 0.842. The van der Waals surface area contributed by atoms with Crippen molar-refractivity contribution < 1.29 is 13.2 Å². The van der Waals surface area contributed by atoms with E-state index in [1.165, 1.54) is 37.8 Å². The lowest BCUT2D eigenvalue weighted by Crippen LogP contribution is -2.25. The van der Waals surface area contributed by atoms with Gasteiger partial charge < -0.3 is 5.32 Å². The molecule has 3 rings (SSSR count). The van der Waals surface area contributed by atoms with E-state index in [-0.39, 0.29) is 0 Å². The molecule has 1 aliphatic rings. The van der Waals surface area contributed by atoms with Crippen LogP contribution in [0, 0.1) is 0 Å². The minimum atomic E-state index is -4.39. The third kappa shape index (κ3) is 6.76. The zero-order valence-electron chi connectivity index (χ0n) is 17.0. The number of hydrogen-bond donors (Lipinski definition) is 1. The van der Waals surface area contributed by atoms with E-state index < -0.39 is 17.8 Å². The minimum Gasteiger partial charge on any atom is -0.374 e. The van der Waals surface area contributed by atoms with Gasteiger partial charge in [0, 0.05) is 18.0 Å². The number of aliphatic imine (C=N–C) groups is 1. The van der Waals surface area contributed by atoms with Crippen LogP contribution in [0.25, 0.3) is 0 Å². The first-order valence-corrected chi connectivity index (χ1v) is 11.0. The van der Waals surface area contributed by atoms with Gasteiger partial charge in [0.25, 0.3) is 0 Å². The van der Waals surface area contributed by atoms with Gasteiger partial charge in [-0.3, -0.25) is 4.99 Å². The van der Waals surface area contributed by atoms with Gasteiger partial charge in [0.05, 0.1) is 11.4 Å². The summed E-state index contributed by atoms with van der Waals surface area (Å²) in [7, 11) is 0. The second-order valence-corrected chi connectivity index (χ2v) is 8.24. The maximum Gasteiger partial charge on any atom is 0.416 e. The molecule has 0 radical (unpaired) electrons. The first-order chi connectivity index (χ1) is 14.4. The number of amidine groups is 1. The molecule has 162 valence electrons. The van der Waals surface area contributed by atoms with Crippen molar-refractivity contribution in [3.8, 4) is 0 Å². The fourth-order valence-electron chi connectivity index (χ4n) is 3.76. The van der Waals surface area contributed by atoms with Crippen LogP contribution in [0.15, 0.2) is 53.5 Å². The Hall–Kier alpha value is -2.01. The zero-order valence-corrected chi connectivity index (χ0v) is 17.8. The largest absolute Gasteiger partial charge is 0.416 e. The molecule has 30 heavy (non-hydrogen) atoms. The Morgan fingerprint density at radius 2 is 1.50 bits per heavy atom. The predicted molar refractivity (Wildman–Crippen MR) is 117 cm³/mol. The summed E-state index contributed by atoms with van der Waals surface area (Å²) in [6.07, 6.45) is 4.61. The van der Waals surface area contributed by atoms with Gasteiger partial charge in [-0.05, 0) is 48.2 Å². The van der Waals surface area contributed by atoms with Crippen LogP contribution < -0.4 is 5.32 Å². The van der Waals surface area contributed by atoms with Crippen LogP contribution in [0.3, 0.4) is 0 Å². The average Bonchev–Trinajstić information content (AvgIpc) is 2.78. The number of benzene rings is 2. The highest BCUT2D eigenvalue weighted by Crippen LogP contribution is 2.34. The molecular weight excluding hydrogens is 409 g/mol. The molecule has 2 aromatic carbocycles. The van der Waals surface area contributed by atoms with Crippen molar-refractivity contribution in [2.45, 2.75) is 63.6 Å². The minimum absolute atomic E-state index is 0.516. The number of hydrogen-bond acceptors (Lipinski definition) is 1. The first-order valence-electron chi connectivity index (χ1n) is 10.7. The summed E-state index contributed by atoms with van der Waals surface area (Å²) in [5.41, 5.74) is 0.688. The van der Waals surface area contributed by atoms with Gasteiger partial charge in [0.2, 0.25) is 0 Å². The Bertz CT molecular complexity index is 817. The molecule has 1 saturated heterocycles. The Labute approximate surface area is 181 Å². The average molecular weight is 437 g/mol. The molecule has 1 fully saturated rings. The van der Waals surface area contributed by atoms with E-state index in [4.69, 9.17) is 16.6 Å². The Morgan fingerprint density at radius 1 is 0.833 bits per heavy atom. The smallest absolute Gasteiger partial charge is 0.374 e. The van der Waals surface area contributed by atoms with E-state index in [2.05, 4.69) is 5.32 Å². The Balaban J connectivity index is 1.96. The molecular formula is C24H28ClF3N2. The summed E-state index contributed by atoms with van der Waals surface area (Å²) in [5.74, 6) is 0.870. The van der Waals surface area contributed by atoms with Gasteiger partial charge in [-0.1, -0.05) is 68.0 Å². The summed E-state index contributed by atoms with van der Waals surface area (Å²) < 4.78 is 39.9. The molecule has 1 aliphatic heterocycles. The molecule has 2 aromatic rings. The molecule has 1 unspecified atom stereocenters. The van der Waals surface area contributed by atoms with E-state index in [0.29, 0.717) is 10.6 Å². The van der Waals surface area contributed by atoms with Crippen molar-refractivity contribution in [2.24, 2.45) is 4.99 Å². The second-order valence-electron chi connectivity index (χ2n) is 7.80. The highest BCUT2D eigenvalue weighted by Gasteiger charge is 2.31. The summed E-state index contributed by atoms with van der Waals surface area (Å²) in [5, 5.41) is 4.03. The normalized spacial score (nSPS) is 19.0. The highest BCUT2D eigenvalue weighted by molar-refractivity contribution is 6.30. The van der Waals surface area contributed by atoms with Gasteiger partial charge >= 0.3 is 6.18 Å². The third-order valence-corrected chi connectivity index (χ3v) is 5.67. The standard InChI is InChI=1S/C24H28ClF3N2/c25-21-14-12-18(13-15-21)23(19-9-8-10-20(17-19)24(26,27)28)30-22-11-6-4-2-1-3-5-7-16-29-22/h8-10,12-15,17,23H,1-7,11,16H2,(H,29,30). The van der Waals surface area contributed by atoms with Gasteiger partial charge in [-0.15, -0.1) is 0 Å². The van der Waals surface area contributed by atoms with Crippen LogP contribution in [-0.4, -0.2) is 12.4 Å². The fourth-order valence-corrected chi connectivity index (χ4v) is 3.89. The third-order valence-electron chi connectivity index (χ3n) is 5.42. The van der Waals surface area contributed by atoms with Gasteiger partial charge in [0.1, 0.15) is 6.04 Å². The number of nitrogens with one attached hydrogen (secondary N) is 1. The molecule has 1 N–H and O–H groups in total. The molecule has 2 nitrogen and oxygen atoms in total. The van der Waals surface area contributed by atoms with Crippen LogP contribution in [-0.2, 0) is 6.18 Å². The summed E-state index contributed by atoms with van der Waals surface area (Å²) in [6, 6.07) is 12.1. The highest BCUT2D eigenvalue weighted by atomic mass is 35.5. The Kier molecular flexibility index (Phi) is 8.20. The number of rotatable bonds is 3. The first kappa shape index (κ1) is 22.7. The van der Waals surface area contributed by atoms with Crippen LogP contribution >= 0.6 is 11.6 Å². The zero-order chi connectivity index (χ0) is 21.4. The van der Waals surface area contributed by atoms with Crippen molar-refractivity contribution in [3.63, 3.8) is 0 Å². The van der Waals surface area contributed by atoms with Crippen molar-refractivity contribution >= 4 is 17.4 Å². The molecule has 1 heterocycles. The number of halogens is 4. The number of alkyl halides is 3. The lowest BCUT2D eigenvalue weighted by Gasteiger charge is -2.19. The van der Waals surface area contributed by atoms with Gasteiger partial charge in [-0.2, -0.15) is 13.2 Å². The molecule has 0 amide bonds. The van der Waals surface area contributed by atoms with Gasteiger partial charge in [-0.25, -0.2) is 0 Å². The topological polar surface area (TPSA) is 24.4 Å². The summed E-state index contributed by atoms with van der Waals surface area (Å²) >= 11 is 6.03. The molecule has 1 atom stereocenters. The summed E-state index contributed by atoms with van der Waals surface area (Å²) in [4.78, 5) is 4.93. The van der Waals surface area contributed by atoms with Crippen molar-refractivity contribution in [3.05, 3.63) is 70.2 Å². The Morgan fingerprint density at radius 3 is 2.20 bits per heavy atom. The maximum atomic E-state index is 13.3.